The molecule has 0 saturated carbocycles. The summed E-state index contributed by atoms with van der Waals surface area (Å²) in [4.78, 5) is 1.42. The van der Waals surface area contributed by atoms with Crippen LogP contribution in [0, 0.1) is 41.5 Å². The molecular formula is C26H30I2S. The van der Waals surface area contributed by atoms with Crippen LogP contribution in [0.15, 0.2) is 42.4 Å². The van der Waals surface area contributed by atoms with E-state index in [1.807, 2.05) is 11.8 Å². The Morgan fingerprint density at radius 2 is 1.14 bits per heavy atom. The van der Waals surface area contributed by atoms with Gasteiger partial charge in [-0.2, -0.15) is 0 Å². The van der Waals surface area contributed by atoms with Gasteiger partial charge in [-0.15, -0.1) is 11.8 Å². The first-order chi connectivity index (χ1) is 13.6. The molecule has 0 nitrogen and oxygen atoms in total. The number of hydrogen-bond acceptors (Lipinski definition) is 1. The Labute approximate surface area is 208 Å². The van der Waals surface area contributed by atoms with Crippen LogP contribution in [-0.2, 0) is 5.41 Å². The molecule has 0 aliphatic carbocycles. The molecule has 1 heterocycles. The number of thioether (sulfide) groups is 1. The van der Waals surface area contributed by atoms with Gasteiger partial charge in [0.2, 0.25) is 0 Å². The molecule has 0 atom stereocenters. The van der Waals surface area contributed by atoms with Crippen molar-refractivity contribution < 1.29 is 0 Å². The van der Waals surface area contributed by atoms with Gasteiger partial charge in [0, 0.05) is 12.9 Å². The van der Waals surface area contributed by atoms with Gasteiger partial charge in [0.05, 0.1) is 5.41 Å². The number of benzene rings is 2. The molecule has 1 aliphatic heterocycles. The fourth-order valence-corrected chi connectivity index (χ4v) is 7.06. The zero-order chi connectivity index (χ0) is 21.5. The highest BCUT2D eigenvalue weighted by Gasteiger charge is 2.39. The summed E-state index contributed by atoms with van der Waals surface area (Å²) in [7, 11) is 0. The van der Waals surface area contributed by atoms with E-state index in [-0.39, 0.29) is 5.41 Å². The lowest BCUT2D eigenvalue weighted by Crippen LogP contribution is -2.30. The lowest BCUT2D eigenvalue weighted by Gasteiger charge is -2.38. The zero-order valence-corrected chi connectivity index (χ0v) is 23.6. The van der Waals surface area contributed by atoms with Crippen LogP contribution in [0.5, 0.6) is 0 Å². The molecule has 0 aromatic heterocycles. The van der Waals surface area contributed by atoms with Crippen LogP contribution in [0.3, 0.4) is 0 Å². The highest BCUT2D eigenvalue weighted by Crippen LogP contribution is 2.51. The second-order valence-electron chi connectivity index (χ2n) is 8.40. The maximum absolute atomic E-state index is 2.65. The Kier molecular flexibility index (Phi) is 7.32. The normalized spacial score (nSPS) is 21.3. The van der Waals surface area contributed by atoms with Crippen LogP contribution in [-0.4, -0.2) is 5.75 Å². The first-order valence-corrected chi connectivity index (χ1v) is 13.2. The van der Waals surface area contributed by atoms with E-state index in [1.54, 1.807) is 0 Å². The van der Waals surface area contributed by atoms with Crippen molar-refractivity contribution in [1.82, 2.24) is 0 Å². The van der Waals surface area contributed by atoms with E-state index >= 15 is 0 Å². The molecule has 154 valence electrons. The molecule has 0 unspecified atom stereocenters. The number of aryl methyl sites for hydroxylation is 4. The smallest absolute Gasteiger partial charge is 0.0551 e. The Bertz CT molecular complexity index is 923. The van der Waals surface area contributed by atoms with E-state index in [0.29, 0.717) is 0 Å². The lowest BCUT2D eigenvalue weighted by molar-refractivity contribution is 0.642. The fraction of sp³-hybridized carbons (Fsp3) is 0.385. The van der Waals surface area contributed by atoms with E-state index in [2.05, 4.69) is 124 Å². The average Bonchev–Trinajstić information content (AvgIpc) is 2.67. The predicted molar refractivity (Wildman–Crippen MR) is 148 cm³/mol. The Balaban J connectivity index is 2.44. The first kappa shape index (κ1) is 23.4. The minimum Gasteiger partial charge on any atom is -0.126 e. The summed E-state index contributed by atoms with van der Waals surface area (Å²) >= 11 is 7.20. The molecule has 2 aromatic rings. The van der Waals surface area contributed by atoms with E-state index in [1.165, 1.54) is 56.6 Å². The molecule has 0 fully saturated rings. The summed E-state index contributed by atoms with van der Waals surface area (Å²) in [5.74, 6) is 1.05. The first-order valence-electron chi connectivity index (χ1n) is 10.1. The summed E-state index contributed by atoms with van der Waals surface area (Å²) in [5.41, 5.74) is 11.1. The van der Waals surface area contributed by atoms with Gasteiger partial charge in [-0.25, -0.2) is 0 Å². The van der Waals surface area contributed by atoms with E-state index < -0.39 is 0 Å². The summed E-state index contributed by atoms with van der Waals surface area (Å²) < 4.78 is 2.93. The summed E-state index contributed by atoms with van der Waals surface area (Å²) in [6.07, 6.45) is 3.46. The molecule has 0 radical (unpaired) electrons. The minimum atomic E-state index is -0.133. The maximum Gasteiger partial charge on any atom is 0.0551 e. The molecule has 29 heavy (non-hydrogen) atoms. The molecule has 3 heteroatoms. The summed E-state index contributed by atoms with van der Waals surface area (Å²) in [5, 5.41) is 0. The third-order valence-electron chi connectivity index (χ3n) is 6.57. The zero-order valence-electron chi connectivity index (χ0n) is 18.5. The van der Waals surface area contributed by atoms with Crippen molar-refractivity contribution in [2.75, 3.05) is 5.75 Å². The second-order valence-corrected chi connectivity index (χ2v) is 12.0. The highest BCUT2D eigenvalue weighted by molar-refractivity contribution is 14.1. The summed E-state index contributed by atoms with van der Waals surface area (Å²) in [6, 6.07) is 9.75. The van der Waals surface area contributed by atoms with E-state index in [4.69, 9.17) is 0 Å². The second kappa shape index (κ2) is 9.07. The van der Waals surface area contributed by atoms with Gasteiger partial charge in [0.1, 0.15) is 0 Å². The van der Waals surface area contributed by atoms with Gasteiger partial charge >= 0.3 is 0 Å². The van der Waals surface area contributed by atoms with Crippen molar-refractivity contribution in [3.63, 3.8) is 0 Å². The SMILES string of the molecule is C/C1=C/CC(c2cc(C)c(C)c(C)c2)(c2cc(C)c(C)c(C)c2)/C(I)=C(/I)CS1. The molecule has 0 saturated heterocycles. The molecule has 0 N–H and O–H groups in total. The van der Waals surface area contributed by atoms with Crippen molar-refractivity contribution in [1.29, 1.82) is 0 Å². The number of rotatable bonds is 2. The van der Waals surface area contributed by atoms with Crippen molar-refractivity contribution in [2.45, 2.75) is 60.3 Å². The lowest BCUT2D eigenvalue weighted by atomic mass is 9.69. The Morgan fingerprint density at radius 3 is 1.55 bits per heavy atom. The monoisotopic (exact) mass is 628 g/mol. The average molecular weight is 628 g/mol. The number of halogens is 2. The standard InChI is InChI=1S/C26H30I2S/c1-15-10-22(11-16(2)20(15)6)26(23-12-17(3)21(7)18(4)13-23)9-8-19(5)29-14-24(27)25(26)28/h8,10-13H,9,14H2,1-7H3/b19-8-,25-24-. The van der Waals surface area contributed by atoms with Crippen molar-refractivity contribution in [2.24, 2.45) is 0 Å². The van der Waals surface area contributed by atoms with Crippen molar-refractivity contribution in [3.8, 4) is 0 Å². The topological polar surface area (TPSA) is 0 Å². The molecule has 0 amide bonds. The van der Waals surface area contributed by atoms with Crippen LogP contribution >= 0.6 is 56.9 Å². The largest absolute Gasteiger partial charge is 0.126 e. The van der Waals surface area contributed by atoms with Gasteiger partial charge in [-0.05, 0) is 149 Å². The minimum absolute atomic E-state index is 0.133. The molecule has 0 spiro atoms. The summed E-state index contributed by atoms with van der Waals surface area (Å²) in [6.45, 7) is 15.8. The molecule has 2 aromatic carbocycles. The molecular weight excluding hydrogens is 598 g/mol. The molecule has 0 bridgehead atoms. The van der Waals surface area contributed by atoms with Gasteiger partial charge in [-0.3, -0.25) is 0 Å². The van der Waals surface area contributed by atoms with E-state index in [9.17, 15) is 0 Å². The number of hydrogen-bond donors (Lipinski definition) is 0. The molecule has 1 aliphatic rings. The Morgan fingerprint density at radius 1 is 0.724 bits per heavy atom. The van der Waals surface area contributed by atoms with Crippen LogP contribution < -0.4 is 0 Å². The predicted octanol–water partition coefficient (Wildman–Crippen LogP) is 8.95. The maximum atomic E-state index is 2.65. The van der Waals surface area contributed by atoms with Crippen LogP contribution in [0.4, 0.5) is 0 Å². The van der Waals surface area contributed by atoms with Crippen LogP contribution in [0.25, 0.3) is 0 Å². The highest BCUT2D eigenvalue weighted by atomic mass is 127. The van der Waals surface area contributed by atoms with Gasteiger partial charge in [-0.1, -0.05) is 30.3 Å². The van der Waals surface area contributed by atoms with Gasteiger partial charge in [0.15, 0.2) is 0 Å². The van der Waals surface area contributed by atoms with Gasteiger partial charge in [0.25, 0.3) is 0 Å². The quantitative estimate of drug-likeness (QED) is 0.300. The third-order valence-corrected chi connectivity index (χ3v) is 11.7. The van der Waals surface area contributed by atoms with Gasteiger partial charge < -0.3 is 0 Å². The van der Waals surface area contributed by atoms with Crippen LogP contribution in [0.2, 0.25) is 0 Å². The number of allylic oxidation sites excluding steroid dienone is 3. The van der Waals surface area contributed by atoms with E-state index in [0.717, 1.165) is 12.2 Å². The third kappa shape index (κ3) is 4.38. The fourth-order valence-electron chi connectivity index (χ4n) is 4.14. The van der Waals surface area contributed by atoms with Crippen molar-refractivity contribution >= 4 is 56.9 Å². The van der Waals surface area contributed by atoms with Crippen molar-refractivity contribution in [3.05, 3.63) is 86.9 Å². The Hall–Kier alpha value is -0.270. The molecule has 3 rings (SSSR count). The van der Waals surface area contributed by atoms with Crippen LogP contribution in [0.1, 0.15) is 57.9 Å².